The lowest BCUT2D eigenvalue weighted by Gasteiger charge is -2.08. The van der Waals surface area contributed by atoms with Crippen molar-refractivity contribution in [2.75, 3.05) is 12.0 Å². The molecule has 1 aromatic heterocycles. The number of aromatic nitrogens is 2. The number of aromatic amines is 1. The Kier molecular flexibility index (Phi) is 7.19. The number of hydrogen-bond acceptors (Lipinski definition) is 6. The Bertz CT molecular complexity index is 1140. The van der Waals surface area contributed by atoms with Crippen LogP contribution in [0.3, 0.4) is 0 Å². The molecule has 0 aliphatic rings. The van der Waals surface area contributed by atoms with Gasteiger partial charge in [-0.1, -0.05) is 55.3 Å². The van der Waals surface area contributed by atoms with Gasteiger partial charge in [0.05, 0.1) is 23.5 Å². The summed E-state index contributed by atoms with van der Waals surface area (Å²) in [5.41, 5.74) is 3.79. The fraction of sp³-hybridized carbons (Fsp3) is 0.182. The summed E-state index contributed by atoms with van der Waals surface area (Å²) in [4.78, 5) is 19.1. The van der Waals surface area contributed by atoms with Gasteiger partial charge in [-0.15, -0.1) is 0 Å². The first kappa shape index (κ1) is 21.1. The van der Waals surface area contributed by atoms with Crippen LogP contribution in [0.4, 0.5) is 5.95 Å². The predicted molar refractivity (Wildman–Crippen MR) is 118 cm³/mol. The first-order valence-corrected chi connectivity index (χ1v) is 9.81. The molecule has 2 N–H and O–H groups in total. The van der Waals surface area contributed by atoms with Gasteiger partial charge in [0.15, 0.2) is 0 Å². The van der Waals surface area contributed by atoms with Gasteiger partial charge in [-0.25, -0.2) is 10.4 Å². The summed E-state index contributed by atoms with van der Waals surface area (Å²) in [6.45, 7) is 2.71. The highest BCUT2D eigenvalue weighted by atomic mass is 35.5. The quantitative estimate of drug-likeness (QED) is 0.314. The molecule has 7 nitrogen and oxygen atoms in total. The van der Waals surface area contributed by atoms with Crippen molar-refractivity contribution in [2.45, 2.75) is 19.8 Å². The zero-order chi connectivity index (χ0) is 21.3. The number of H-pyrrole nitrogens is 1. The summed E-state index contributed by atoms with van der Waals surface area (Å²) >= 11 is 6.25. The van der Waals surface area contributed by atoms with Crippen LogP contribution in [-0.2, 0) is 0 Å². The maximum absolute atomic E-state index is 12.2. The molecule has 0 spiro atoms. The van der Waals surface area contributed by atoms with Crippen molar-refractivity contribution in [1.82, 2.24) is 9.97 Å². The van der Waals surface area contributed by atoms with E-state index in [1.54, 1.807) is 30.5 Å². The van der Waals surface area contributed by atoms with Crippen molar-refractivity contribution < 1.29 is 4.74 Å². The summed E-state index contributed by atoms with van der Waals surface area (Å²) in [6.07, 6.45) is 3.55. The number of hydrazone groups is 1. The Balaban J connectivity index is 1.77. The van der Waals surface area contributed by atoms with E-state index in [0.717, 1.165) is 18.4 Å². The van der Waals surface area contributed by atoms with Crippen LogP contribution < -0.4 is 15.7 Å². The van der Waals surface area contributed by atoms with Gasteiger partial charge in [0, 0.05) is 5.56 Å². The lowest BCUT2D eigenvalue weighted by molar-refractivity contribution is 0.309. The average molecular weight is 422 g/mol. The molecule has 0 fully saturated rings. The Labute approximate surface area is 179 Å². The Morgan fingerprint density at radius 1 is 1.30 bits per heavy atom. The number of benzene rings is 2. The summed E-state index contributed by atoms with van der Waals surface area (Å²) in [7, 11) is 0. The predicted octanol–water partition coefficient (Wildman–Crippen LogP) is 4.59. The van der Waals surface area contributed by atoms with Crippen molar-refractivity contribution in [3.8, 4) is 23.1 Å². The zero-order valence-corrected chi connectivity index (χ0v) is 17.1. The highest BCUT2D eigenvalue weighted by molar-refractivity contribution is 6.32. The molecular formula is C22H20ClN5O2. The van der Waals surface area contributed by atoms with Gasteiger partial charge < -0.3 is 4.74 Å². The second kappa shape index (κ2) is 10.2. The van der Waals surface area contributed by atoms with E-state index >= 15 is 0 Å². The molecule has 0 atom stereocenters. The van der Waals surface area contributed by atoms with Crippen molar-refractivity contribution >= 4 is 23.8 Å². The fourth-order valence-electron chi connectivity index (χ4n) is 2.64. The summed E-state index contributed by atoms with van der Waals surface area (Å²) in [6, 6.07) is 16.3. The Hall–Kier alpha value is -3.63. The first-order valence-electron chi connectivity index (χ1n) is 9.43. The van der Waals surface area contributed by atoms with Gasteiger partial charge >= 0.3 is 0 Å². The molecule has 0 aliphatic heterocycles. The molecule has 0 bridgehead atoms. The maximum Gasteiger partial charge on any atom is 0.270 e. The van der Waals surface area contributed by atoms with Crippen LogP contribution in [0.5, 0.6) is 5.75 Å². The highest BCUT2D eigenvalue weighted by Gasteiger charge is 2.12. The molecule has 1 heterocycles. The third-order valence-corrected chi connectivity index (χ3v) is 4.47. The van der Waals surface area contributed by atoms with E-state index in [1.165, 1.54) is 0 Å². The van der Waals surface area contributed by atoms with Gasteiger partial charge in [-0.2, -0.15) is 10.4 Å². The molecule has 30 heavy (non-hydrogen) atoms. The number of rotatable bonds is 8. The van der Waals surface area contributed by atoms with Crippen LogP contribution in [0.2, 0.25) is 5.02 Å². The van der Waals surface area contributed by atoms with Crippen molar-refractivity contribution in [3.05, 3.63) is 75.0 Å². The Morgan fingerprint density at radius 3 is 2.80 bits per heavy atom. The van der Waals surface area contributed by atoms with Crippen LogP contribution in [-0.4, -0.2) is 22.8 Å². The van der Waals surface area contributed by atoms with Crippen molar-refractivity contribution in [3.63, 3.8) is 0 Å². The van der Waals surface area contributed by atoms with E-state index in [0.29, 0.717) is 22.9 Å². The number of ether oxygens (including phenoxy) is 1. The van der Waals surface area contributed by atoms with E-state index in [1.807, 2.05) is 30.3 Å². The monoisotopic (exact) mass is 421 g/mol. The SMILES string of the molecule is CCCCOc1ccc(C=NNc2nc(-c3ccccc3)c(C#N)c(=O)[nH]2)cc1Cl. The number of hydrogen-bond donors (Lipinski definition) is 2. The first-order chi connectivity index (χ1) is 14.6. The van der Waals surface area contributed by atoms with Crippen LogP contribution in [0.1, 0.15) is 30.9 Å². The van der Waals surface area contributed by atoms with Gasteiger partial charge in [-0.3, -0.25) is 9.78 Å². The van der Waals surface area contributed by atoms with Gasteiger partial charge in [0.1, 0.15) is 17.4 Å². The largest absolute Gasteiger partial charge is 0.492 e. The summed E-state index contributed by atoms with van der Waals surface area (Å²) in [5.74, 6) is 0.750. The lowest BCUT2D eigenvalue weighted by atomic mass is 10.1. The van der Waals surface area contributed by atoms with E-state index < -0.39 is 5.56 Å². The minimum absolute atomic E-state index is 0.0545. The molecule has 0 saturated carbocycles. The second-order valence-corrected chi connectivity index (χ2v) is 6.79. The van der Waals surface area contributed by atoms with Crippen molar-refractivity contribution in [1.29, 1.82) is 5.26 Å². The number of unbranched alkanes of at least 4 members (excludes halogenated alkanes) is 1. The minimum atomic E-state index is -0.541. The average Bonchev–Trinajstić information content (AvgIpc) is 2.75. The molecule has 0 amide bonds. The van der Waals surface area contributed by atoms with Gasteiger partial charge in [-0.05, 0) is 30.2 Å². The minimum Gasteiger partial charge on any atom is -0.492 e. The molecular weight excluding hydrogens is 402 g/mol. The molecule has 0 unspecified atom stereocenters. The third-order valence-electron chi connectivity index (χ3n) is 4.17. The number of halogens is 1. The second-order valence-electron chi connectivity index (χ2n) is 6.38. The van der Waals surface area contributed by atoms with E-state index in [9.17, 15) is 10.1 Å². The number of nitrogens with one attached hydrogen (secondary N) is 2. The Morgan fingerprint density at radius 2 is 2.10 bits per heavy atom. The number of anilines is 1. The molecule has 3 aromatic rings. The highest BCUT2D eigenvalue weighted by Crippen LogP contribution is 2.25. The van der Waals surface area contributed by atoms with E-state index in [4.69, 9.17) is 16.3 Å². The number of nitrogens with zero attached hydrogens (tertiary/aromatic N) is 3. The number of nitriles is 1. The summed E-state index contributed by atoms with van der Waals surface area (Å²) < 4.78 is 5.63. The van der Waals surface area contributed by atoms with Gasteiger partial charge in [0.25, 0.3) is 5.56 Å². The molecule has 0 aliphatic carbocycles. The molecule has 0 radical (unpaired) electrons. The topological polar surface area (TPSA) is 103 Å². The molecule has 3 rings (SSSR count). The lowest BCUT2D eigenvalue weighted by Crippen LogP contribution is -2.16. The van der Waals surface area contributed by atoms with Crippen molar-refractivity contribution in [2.24, 2.45) is 5.10 Å². The fourth-order valence-corrected chi connectivity index (χ4v) is 2.89. The standard InChI is InChI=1S/C22H20ClN5O2/c1-2-3-11-30-19-10-9-15(12-18(19)23)14-25-28-22-26-20(16-7-5-4-6-8-16)17(13-24)21(29)27-22/h4-10,12,14H,2-3,11H2,1H3,(H2,26,27,28,29). The maximum atomic E-state index is 12.2. The van der Waals surface area contributed by atoms with Gasteiger partial charge in [0.2, 0.25) is 5.95 Å². The van der Waals surface area contributed by atoms with Crippen LogP contribution >= 0.6 is 11.6 Å². The van der Waals surface area contributed by atoms with E-state index in [-0.39, 0.29) is 17.2 Å². The van der Waals surface area contributed by atoms with E-state index in [2.05, 4.69) is 27.4 Å². The van der Waals surface area contributed by atoms with Crippen LogP contribution in [0.15, 0.2) is 58.4 Å². The molecule has 152 valence electrons. The smallest absolute Gasteiger partial charge is 0.270 e. The molecule has 0 saturated heterocycles. The third kappa shape index (κ3) is 5.25. The molecule has 2 aromatic carbocycles. The van der Waals surface area contributed by atoms with Crippen LogP contribution in [0, 0.1) is 11.3 Å². The summed E-state index contributed by atoms with van der Waals surface area (Å²) in [5, 5.41) is 13.9. The molecule has 8 heteroatoms. The zero-order valence-electron chi connectivity index (χ0n) is 16.4. The van der Waals surface area contributed by atoms with Crippen LogP contribution in [0.25, 0.3) is 11.3 Å². The normalized spacial score (nSPS) is 10.7.